The van der Waals surface area contributed by atoms with E-state index in [1.807, 2.05) is 12.1 Å². The van der Waals surface area contributed by atoms with E-state index in [9.17, 15) is 0 Å². The number of furan rings is 1. The van der Waals surface area contributed by atoms with Crippen molar-refractivity contribution in [1.82, 2.24) is 24.5 Å². The second kappa shape index (κ2) is 13.5. The Hall–Kier alpha value is -8.48. The first-order valence-corrected chi connectivity index (χ1v) is 20.8. The van der Waals surface area contributed by atoms with Crippen LogP contribution in [0.25, 0.3) is 127 Å². The molecule has 13 aromatic rings. The molecule has 4 heterocycles. The second-order valence-corrected chi connectivity index (χ2v) is 15.9. The summed E-state index contributed by atoms with van der Waals surface area (Å²) in [6.07, 6.45) is 3.54. The molecule has 62 heavy (non-hydrogen) atoms. The first kappa shape index (κ1) is 34.4. The Morgan fingerprint density at radius 2 is 0.952 bits per heavy atom. The third-order valence-corrected chi connectivity index (χ3v) is 12.3. The van der Waals surface area contributed by atoms with E-state index in [4.69, 9.17) is 19.4 Å². The van der Waals surface area contributed by atoms with Gasteiger partial charge in [0.05, 0.1) is 17.2 Å². The molecule has 0 fully saturated rings. The van der Waals surface area contributed by atoms with Crippen molar-refractivity contribution in [2.75, 3.05) is 0 Å². The predicted molar refractivity (Wildman–Crippen MR) is 254 cm³/mol. The fourth-order valence-corrected chi connectivity index (χ4v) is 9.25. The molecule has 0 N–H and O–H groups in total. The van der Waals surface area contributed by atoms with E-state index < -0.39 is 0 Å². The lowest BCUT2D eigenvalue weighted by molar-refractivity contribution is 0.667. The average Bonchev–Trinajstić information content (AvgIpc) is 3.88. The number of rotatable bonds is 5. The van der Waals surface area contributed by atoms with Crippen LogP contribution in [-0.4, -0.2) is 24.5 Å². The zero-order valence-electron chi connectivity index (χ0n) is 33.2. The molecule has 0 bridgehead atoms. The van der Waals surface area contributed by atoms with E-state index in [2.05, 4.69) is 185 Å². The summed E-state index contributed by atoms with van der Waals surface area (Å²) in [5.74, 6) is 1.76. The molecule has 0 aliphatic heterocycles. The predicted octanol–water partition coefficient (Wildman–Crippen LogP) is 14.4. The van der Waals surface area contributed by atoms with E-state index in [0.29, 0.717) is 17.5 Å². The van der Waals surface area contributed by atoms with Gasteiger partial charge in [-0.15, -0.1) is 0 Å². The summed E-state index contributed by atoms with van der Waals surface area (Å²) in [7, 11) is 0. The van der Waals surface area contributed by atoms with E-state index in [1.54, 1.807) is 12.4 Å². The van der Waals surface area contributed by atoms with Gasteiger partial charge in [0.1, 0.15) is 5.58 Å². The van der Waals surface area contributed by atoms with E-state index >= 15 is 0 Å². The molecule has 4 aromatic heterocycles. The quantitative estimate of drug-likeness (QED) is 0.162. The highest BCUT2D eigenvalue weighted by Crippen LogP contribution is 2.37. The van der Waals surface area contributed by atoms with Crippen molar-refractivity contribution < 1.29 is 4.42 Å². The fraction of sp³-hybridized carbons (Fsp3) is 0. The summed E-state index contributed by atoms with van der Waals surface area (Å²) < 4.78 is 8.63. The van der Waals surface area contributed by atoms with E-state index in [-0.39, 0.29) is 0 Å². The number of hydrogen-bond donors (Lipinski definition) is 0. The monoisotopic (exact) mass is 791 g/mol. The van der Waals surface area contributed by atoms with Crippen molar-refractivity contribution in [2.24, 2.45) is 0 Å². The van der Waals surface area contributed by atoms with Gasteiger partial charge in [-0.2, -0.15) is 0 Å². The van der Waals surface area contributed by atoms with Crippen LogP contribution < -0.4 is 0 Å². The van der Waals surface area contributed by atoms with Gasteiger partial charge in [0.25, 0.3) is 0 Å². The summed E-state index contributed by atoms with van der Waals surface area (Å²) in [5.41, 5.74) is 9.81. The van der Waals surface area contributed by atoms with Crippen molar-refractivity contribution >= 4 is 76.1 Å². The van der Waals surface area contributed by atoms with E-state index in [1.165, 1.54) is 43.4 Å². The molecule has 0 aliphatic carbocycles. The lowest BCUT2D eigenvalue weighted by Crippen LogP contribution is -2.00. The molecule has 0 saturated carbocycles. The van der Waals surface area contributed by atoms with Crippen LogP contribution in [0.5, 0.6) is 0 Å². The summed E-state index contributed by atoms with van der Waals surface area (Å²) in [6.45, 7) is 0. The number of fused-ring (bicyclic) bond motifs is 10. The van der Waals surface area contributed by atoms with Crippen LogP contribution in [0.3, 0.4) is 0 Å². The topological polar surface area (TPSA) is 69.6 Å². The molecule has 13 rings (SSSR count). The normalized spacial score (nSPS) is 11.9. The van der Waals surface area contributed by atoms with Crippen LogP contribution in [0.15, 0.2) is 205 Å². The minimum absolute atomic E-state index is 0.567. The Balaban J connectivity index is 0.933. The lowest BCUT2D eigenvalue weighted by atomic mass is 9.99. The molecule has 0 radical (unpaired) electrons. The minimum atomic E-state index is 0.567. The highest BCUT2D eigenvalue weighted by molar-refractivity contribution is 6.14. The Morgan fingerprint density at radius 3 is 1.77 bits per heavy atom. The highest BCUT2D eigenvalue weighted by Gasteiger charge is 2.17. The first-order valence-electron chi connectivity index (χ1n) is 20.8. The first-order chi connectivity index (χ1) is 30.7. The number of benzene rings is 9. The highest BCUT2D eigenvalue weighted by atomic mass is 16.3. The number of para-hydroxylation sites is 1. The van der Waals surface area contributed by atoms with Gasteiger partial charge in [-0.05, 0) is 104 Å². The maximum absolute atomic E-state index is 6.25. The Morgan fingerprint density at radius 1 is 0.339 bits per heavy atom. The molecule has 288 valence electrons. The van der Waals surface area contributed by atoms with Gasteiger partial charge in [-0.1, -0.05) is 127 Å². The third-order valence-electron chi connectivity index (χ3n) is 12.3. The largest absolute Gasteiger partial charge is 0.454 e. The van der Waals surface area contributed by atoms with Crippen LogP contribution in [-0.2, 0) is 0 Å². The fourth-order valence-electron chi connectivity index (χ4n) is 9.25. The van der Waals surface area contributed by atoms with Crippen molar-refractivity contribution in [3.8, 4) is 51.0 Å². The standard InChI is InChI=1S/C56H33N5O/c1-2-10-39-31-51-49(29-38(39)9-1)45-14-5-6-15-50(45)61(51)43-23-20-34(21-24-43)37-11-7-12-40(28-37)54-58-55(41-19-18-36-17-16-35-8-3-4-13-44(35)48(36)30-41)60-56(59-54)42-22-25-46-47-26-27-57-33-53(47)62-52(46)32-42/h1-33H. The minimum Gasteiger partial charge on any atom is -0.454 e. The van der Waals surface area contributed by atoms with Crippen molar-refractivity contribution in [1.29, 1.82) is 0 Å². The zero-order valence-corrected chi connectivity index (χ0v) is 33.2. The van der Waals surface area contributed by atoms with Gasteiger partial charge in [0, 0.05) is 50.1 Å². The summed E-state index contributed by atoms with van der Waals surface area (Å²) in [4.78, 5) is 19.8. The van der Waals surface area contributed by atoms with Crippen LogP contribution >= 0.6 is 0 Å². The maximum Gasteiger partial charge on any atom is 0.164 e. The zero-order chi connectivity index (χ0) is 40.7. The van der Waals surface area contributed by atoms with Crippen molar-refractivity contribution in [2.45, 2.75) is 0 Å². The molecule has 0 amide bonds. The summed E-state index contributed by atoms with van der Waals surface area (Å²) in [5, 5.41) is 11.7. The van der Waals surface area contributed by atoms with Gasteiger partial charge in [0.15, 0.2) is 23.1 Å². The smallest absolute Gasteiger partial charge is 0.164 e. The molecule has 0 atom stereocenters. The Bertz CT molecular complexity index is 3940. The van der Waals surface area contributed by atoms with Crippen LogP contribution in [0.4, 0.5) is 0 Å². The maximum atomic E-state index is 6.25. The number of aromatic nitrogens is 5. The van der Waals surface area contributed by atoms with Crippen molar-refractivity contribution in [3.63, 3.8) is 0 Å². The van der Waals surface area contributed by atoms with Gasteiger partial charge in [-0.25, -0.2) is 15.0 Å². The molecule has 6 heteroatoms. The van der Waals surface area contributed by atoms with Gasteiger partial charge < -0.3 is 8.98 Å². The van der Waals surface area contributed by atoms with Gasteiger partial charge in [0.2, 0.25) is 0 Å². The molecule has 9 aromatic carbocycles. The molecule has 6 nitrogen and oxygen atoms in total. The Labute approximate surface area is 355 Å². The van der Waals surface area contributed by atoms with Crippen molar-refractivity contribution in [3.05, 3.63) is 200 Å². The van der Waals surface area contributed by atoms with Crippen LogP contribution in [0.1, 0.15) is 0 Å². The summed E-state index contributed by atoms with van der Waals surface area (Å²) >= 11 is 0. The second-order valence-electron chi connectivity index (χ2n) is 15.9. The van der Waals surface area contributed by atoms with Gasteiger partial charge in [-0.3, -0.25) is 4.98 Å². The van der Waals surface area contributed by atoms with Crippen LogP contribution in [0, 0.1) is 0 Å². The number of nitrogens with zero attached hydrogens (tertiary/aromatic N) is 5. The van der Waals surface area contributed by atoms with Crippen LogP contribution in [0.2, 0.25) is 0 Å². The molecule has 0 spiro atoms. The summed E-state index contributed by atoms with van der Waals surface area (Å²) in [6, 6.07) is 66.6. The number of pyridine rings is 1. The third kappa shape index (κ3) is 5.51. The molecule has 0 aliphatic rings. The molecule has 0 unspecified atom stereocenters. The Kier molecular flexibility index (Phi) is 7.50. The average molecular weight is 792 g/mol. The number of hydrogen-bond acceptors (Lipinski definition) is 5. The van der Waals surface area contributed by atoms with Gasteiger partial charge >= 0.3 is 0 Å². The SMILES string of the molecule is c1cc(-c2ccc(-n3c4ccccc4c4cc5ccccc5cc43)cc2)cc(-c2nc(-c3ccc4c(c3)oc3cnccc34)nc(-c3ccc4ccc5ccccc5c4c3)n2)c1. The van der Waals surface area contributed by atoms with E-state index in [0.717, 1.165) is 66.2 Å². The lowest BCUT2D eigenvalue weighted by Gasteiger charge is -2.12. The molecular weight excluding hydrogens is 759 g/mol. The molecule has 0 saturated heterocycles. The molecular formula is C56H33N5O.